The van der Waals surface area contributed by atoms with Crippen LogP contribution in [0.3, 0.4) is 0 Å². The Morgan fingerprint density at radius 3 is 2.62 bits per heavy atom. The van der Waals surface area contributed by atoms with Gasteiger partial charge in [0.1, 0.15) is 11.5 Å². The van der Waals surface area contributed by atoms with Gasteiger partial charge in [-0.2, -0.15) is 0 Å². The van der Waals surface area contributed by atoms with Gasteiger partial charge in [-0.3, -0.25) is 14.2 Å². The molecule has 34 heavy (non-hydrogen) atoms. The lowest BCUT2D eigenvalue weighted by atomic mass is 10.0. The van der Waals surface area contributed by atoms with Gasteiger partial charge in [-0.15, -0.1) is 0 Å². The minimum atomic E-state index is -0.416. The fourth-order valence-electron chi connectivity index (χ4n) is 3.86. The van der Waals surface area contributed by atoms with Crippen molar-refractivity contribution in [1.82, 2.24) is 14.4 Å². The number of hydrogen-bond acceptors (Lipinski definition) is 4. The van der Waals surface area contributed by atoms with Gasteiger partial charge in [-0.1, -0.05) is 17.7 Å². The lowest BCUT2D eigenvalue weighted by Crippen LogP contribution is -2.12. The van der Waals surface area contributed by atoms with Crippen LogP contribution in [0.1, 0.15) is 16.1 Å². The van der Waals surface area contributed by atoms with Crippen molar-refractivity contribution in [2.75, 3.05) is 5.32 Å². The highest BCUT2D eigenvalue weighted by molar-refractivity contribution is 6.34. The summed E-state index contributed by atoms with van der Waals surface area (Å²) in [5.41, 5.74) is 4.93. The molecule has 0 aliphatic rings. The van der Waals surface area contributed by atoms with Gasteiger partial charge < -0.3 is 10.4 Å². The Morgan fingerprint density at radius 2 is 1.88 bits per heavy atom. The van der Waals surface area contributed by atoms with E-state index in [9.17, 15) is 14.3 Å². The number of carbonyl (C=O) groups excluding carboxylic acids is 1. The molecule has 168 valence electrons. The number of hydrogen-bond donors (Lipinski definition) is 2. The lowest BCUT2D eigenvalue weighted by Gasteiger charge is -2.10. The highest BCUT2D eigenvalue weighted by Gasteiger charge is 2.18. The number of pyridine rings is 2. The highest BCUT2D eigenvalue weighted by atomic mass is 35.5. The molecule has 0 aliphatic heterocycles. The summed E-state index contributed by atoms with van der Waals surface area (Å²) in [6.07, 6.45) is 5.27. The van der Waals surface area contributed by atoms with Crippen molar-refractivity contribution >= 4 is 28.8 Å². The lowest BCUT2D eigenvalue weighted by molar-refractivity contribution is 0.102. The van der Waals surface area contributed by atoms with E-state index in [4.69, 9.17) is 11.6 Å². The Balaban J connectivity index is 1.59. The van der Waals surface area contributed by atoms with Crippen molar-refractivity contribution in [2.24, 2.45) is 0 Å². The molecule has 3 heterocycles. The molecule has 8 heteroatoms. The van der Waals surface area contributed by atoms with Crippen LogP contribution in [-0.2, 0) is 6.61 Å². The van der Waals surface area contributed by atoms with Crippen LogP contribution in [0.4, 0.5) is 10.1 Å². The van der Waals surface area contributed by atoms with E-state index in [0.717, 1.165) is 22.4 Å². The molecule has 0 bridgehead atoms. The Kier molecular flexibility index (Phi) is 5.79. The van der Waals surface area contributed by atoms with E-state index >= 15 is 0 Å². The number of imidazole rings is 1. The molecule has 2 N–H and O–H groups in total. The predicted molar refractivity (Wildman–Crippen MR) is 129 cm³/mol. The van der Waals surface area contributed by atoms with Gasteiger partial charge in [0.2, 0.25) is 0 Å². The third kappa shape index (κ3) is 4.03. The number of fused-ring (bicyclic) bond motifs is 1. The molecule has 2 aromatic carbocycles. The first-order valence-electron chi connectivity index (χ1n) is 10.4. The van der Waals surface area contributed by atoms with Crippen LogP contribution in [0, 0.1) is 5.82 Å². The third-order valence-electron chi connectivity index (χ3n) is 5.43. The molecule has 0 radical (unpaired) electrons. The number of anilines is 1. The third-order valence-corrected chi connectivity index (χ3v) is 5.76. The molecule has 5 aromatic rings. The van der Waals surface area contributed by atoms with Gasteiger partial charge >= 0.3 is 0 Å². The standard InChI is InChI=1S/C26H18ClFN4O2/c27-22-10-5-16(13-21(22)26(34)30-19-8-6-18(28)7-9-19)20-4-2-12-32-24(17-3-1-11-29-14-17)23(15-33)31-25(20)32/h1-14,33H,15H2,(H,30,34). The second-order valence-electron chi connectivity index (χ2n) is 7.58. The molecule has 0 unspecified atom stereocenters. The largest absolute Gasteiger partial charge is 0.390 e. The maximum Gasteiger partial charge on any atom is 0.257 e. The van der Waals surface area contributed by atoms with Crippen LogP contribution in [0.25, 0.3) is 28.0 Å². The number of aromatic nitrogens is 3. The first kappa shape index (κ1) is 21.8. The fraction of sp³-hybridized carbons (Fsp3) is 0.0385. The first-order valence-corrected chi connectivity index (χ1v) is 10.8. The summed E-state index contributed by atoms with van der Waals surface area (Å²) in [6.45, 7) is -0.239. The minimum absolute atomic E-state index is 0.239. The van der Waals surface area contributed by atoms with E-state index in [1.807, 2.05) is 40.9 Å². The van der Waals surface area contributed by atoms with Gasteiger partial charge in [0.15, 0.2) is 0 Å². The Bertz CT molecular complexity index is 1500. The van der Waals surface area contributed by atoms with E-state index in [1.54, 1.807) is 24.5 Å². The van der Waals surface area contributed by atoms with Gasteiger partial charge in [-0.05, 0) is 66.2 Å². The molecule has 1 amide bonds. The van der Waals surface area contributed by atoms with Crippen molar-refractivity contribution in [3.63, 3.8) is 0 Å². The molecular formula is C26H18ClFN4O2. The van der Waals surface area contributed by atoms with E-state index in [-0.39, 0.29) is 17.2 Å². The number of benzene rings is 2. The van der Waals surface area contributed by atoms with Crippen LogP contribution in [0.2, 0.25) is 5.02 Å². The van der Waals surface area contributed by atoms with Gasteiger partial charge in [0.25, 0.3) is 5.91 Å². The van der Waals surface area contributed by atoms with Gasteiger partial charge in [0, 0.05) is 35.4 Å². The second kappa shape index (κ2) is 9.05. The van der Waals surface area contributed by atoms with Crippen molar-refractivity contribution in [3.05, 3.63) is 107 Å². The van der Waals surface area contributed by atoms with Crippen molar-refractivity contribution in [2.45, 2.75) is 6.61 Å². The maximum absolute atomic E-state index is 13.2. The van der Waals surface area contributed by atoms with Crippen LogP contribution in [0.15, 0.2) is 85.3 Å². The van der Waals surface area contributed by atoms with E-state index in [1.165, 1.54) is 24.3 Å². The Morgan fingerprint density at radius 1 is 1.06 bits per heavy atom. The molecule has 6 nitrogen and oxygen atoms in total. The summed E-state index contributed by atoms with van der Waals surface area (Å²) >= 11 is 6.34. The number of carbonyl (C=O) groups is 1. The molecule has 0 saturated carbocycles. The number of nitrogens with one attached hydrogen (secondary N) is 1. The topological polar surface area (TPSA) is 79.5 Å². The molecule has 0 saturated heterocycles. The average Bonchev–Trinajstić information content (AvgIpc) is 3.25. The average molecular weight is 473 g/mol. The molecule has 0 aliphatic carbocycles. The highest BCUT2D eigenvalue weighted by Crippen LogP contribution is 2.32. The Labute approximate surface area is 199 Å². The molecule has 5 rings (SSSR count). The number of aliphatic hydroxyl groups is 1. The normalized spacial score (nSPS) is 11.0. The monoisotopic (exact) mass is 472 g/mol. The maximum atomic E-state index is 13.2. The smallest absolute Gasteiger partial charge is 0.257 e. The fourth-order valence-corrected chi connectivity index (χ4v) is 4.06. The van der Waals surface area contributed by atoms with Crippen LogP contribution < -0.4 is 5.32 Å². The first-order chi connectivity index (χ1) is 16.5. The summed E-state index contributed by atoms with van der Waals surface area (Å²) in [5.74, 6) is -0.806. The van der Waals surface area contributed by atoms with E-state index in [0.29, 0.717) is 17.0 Å². The molecule has 0 spiro atoms. The van der Waals surface area contributed by atoms with Gasteiger partial charge in [-0.25, -0.2) is 9.37 Å². The van der Waals surface area contributed by atoms with Crippen molar-refractivity contribution < 1.29 is 14.3 Å². The zero-order valence-corrected chi connectivity index (χ0v) is 18.5. The number of rotatable bonds is 5. The van der Waals surface area contributed by atoms with Crippen LogP contribution in [0.5, 0.6) is 0 Å². The van der Waals surface area contributed by atoms with Crippen LogP contribution >= 0.6 is 11.6 Å². The Hall–Kier alpha value is -4.07. The SMILES string of the molecule is O=C(Nc1ccc(F)cc1)c1cc(-c2cccn3c(-c4cccnc4)c(CO)nc23)ccc1Cl. The summed E-state index contributed by atoms with van der Waals surface area (Å²) in [4.78, 5) is 21.8. The number of halogens is 2. The number of aliphatic hydroxyl groups excluding tert-OH is 1. The quantitative estimate of drug-likeness (QED) is 0.349. The molecule has 0 fully saturated rings. The van der Waals surface area contributed by atoms with Crippen molar-refractivity contribution in [3.8, 4) is 22.4 Å². The van der Waals surface area contributed by atoms with Crippen LogP contribution in [-0.4, -0.2) is 25.4 Å². The molecular weight excluding hydrogens is 455 g/mol. The minimum Gasteiger partial charge on any atom is -0.390 e. The zero-order chi connectivity index (χ0) is 23.7. The summed E-state index contributed by atoms with van der Waals surface area (Å²) < 4.78 is 15.1. The summed E-state index contributed by atoms with van der Waals surface area (Å²) in [6, 6.07) is 18.1. The zero-order valence-electron chi connectivity index (χ0n) is 17.7. The van der Waals surface area contributed by atoms with Gasteiger partial charge in [0.05, 0.1) is 28.6 Å². The molecule has 3 aromatic heterocycles. The van der Waals surface area contributed by atoms with Crippen molar-refractivity contribution in [1.29, 1.82) is 0 Å². The number of amides is 1. The van der Waals surface area contributed by atoms with E-state index < -0.39 is 11.7 Å². The predicted octanol–water partition coefficient (Wildman–Crippen LogP) is 5.60. The second-order valence-corrected chi connectivity index (χ2v) is 7.99. The summed E-state index contributed by atoms with van der Waals surface area (Å²) in [5, 5.41) is 13.0. The van der Waals surface area contributed by atoms with E-state index in [2.05, 4.69) is 15.3 Å². The molecule has 0 atom stereocenters. The number of nitrogens with zero attached hydrogens (tertiary/aromatic N) is 3. The summed E-state index contributed by atoms with van der Waals surface area (Å²) in [7, 11) is 0.